The van der Waals surface area contributed by atoms with Gasteiger partial charge in [0, 0.05) is 36.6 Å². The zero-order chi connectivity index (χ0) is 23.2. The molecular weight excluding hydrogens is 440 g/mol. The number of aliphatic hydroxyl groups excluding tert-OH is 1. The van der Waals surface area contributed by atoms with E-state index in [-0.39, 0.29) is 11.3 Å². The van der Waals surface area contributed by atoms with Crippen molar-refractivity contribution in [2.75, 3.05) is 46.0 Å². The summed E-state index contributed by atoms with van der Waals surface area (Å²) in [5.41, 5.74) is 0.599. The molecule has 1 aromatic heterocycles. The third-order valence-electron chi connectivity index (χ3n) is 5.83. The van der Waals surface area contributed by atoms with Crippen LogP contribution in [0.25, 0.3) is 5.76 Å². The Balaban J connectivity index is 1.58. The fourth-order valence-electron chi connectivity index (χ4n) is 4.16. The number of hydrogen-bond acceptors (Lipinski definition) is 7. The van der Waals surface area contributed by atoms with Crippen LogP contribution in [0, 0.1) is 0 Å². The van der Waals surface area contributed by atoms with Gasteiger partial charge < -0.3 is 19.5 Å². The van der Waals surface area contributed by atoms with E-state index in [9.17, 15) is 14.7 Å². The number of nitrogens with zero attached hydrogens (tertiary/aromatic N) is 2. The molecule has 0 bridgehead atoms. The van der Waals surface area contributed by atoms with E-state index in [1.165, 1.54) is 11.3 Å². The van der Waals surface area contributed by atoms with Gasteiger partial charge in [0.25, 0.3) is 11.7 Å². The van der Waals surface area contributed by atoms with E-state index in [1.807, 2.05) is 17.5 Å². The summed E-state index contributed by atoms with van der Waals surface area (Å²) in [6, 6.07) is 10.0. The molecule has 0 aliphatic carbocycles. The highest BCUT2D eigenvalue weighted by molar-refractivity contribution is 7.10. The molecule has 2 aromatic rings. The number of Topliss-reactive ketones (excluding diaryl/α,β-unsaturated/α-hetero) is 1. The van der Waals surface area contributed by atoms with Gasteiger partial charge in [-0.05, 0) is 42.1 Å². The van der Waals surface area contributed by atoms with Crippen LogP contribution in [0.15, 0.2) is 60.0 Å². The van der Waals surface area contributed by atoms with Gasteiger partial charge in [-0.25, -0.2) is 0 Å². The van der Waals surface area contributed by atoms with Crippen LogP contribution in [0.5, 0.6) is 5.75 Å². The highest BCUT2D eigenvalue weighted by Crippen LogP contribution is 2.41. The molecule has 1 amide bonds. The number of morpholine rings is 1. The first kappa shape index (κ1) is 23.2. The minimum absolute atomic E-state index is 0.133. The highest BCUT2D eigenvalue weighted by Gasteiger charge is 2.46. The second kappa shape index (κ2) is 10.8. The highest BCUT2D eigenvalue weighted by atomic mass is 32.1. The van der Waals surface area contributed by atoms with Gasteiger partial charge in [0.1, 0.15) is 18.1 Å². The Morgan fingerprint density at radius 1 is 1.18 bits per heavy atom. The van der Waals surface area contributed by atoms with E-state index < -0.39 is 17.7 Å². The largest absolute Gasteiger partial charge is 0.507 e. The van der Waals surface area contributed by atoms with E-state index >= 15 is 0 Å². The van der Waals surface area contributed by atoms with Gasteiger partial charge in [-0.3, -0.25) is 14.5 Å². The zero-order valence-corrected chi connectivity index (χ0v) is 19.3. The Labute approximate surface area is 197 Å². The first-order valence-corrected chi connectivity index (χ1v) is 11.9. The molecule has 33 heavy (non-hydrogen) atoms. The average Bonchev–Trinajstić information content (AvgIpc) is 3.46. The Kier molecular flexibility index (Phi) is 7.59. The van der Waals surface area contributed by atoms with Gasteiger partial charge in [0.15, 0.2) is 0 Å². The summed E-state index contributed by atoms with van der Waals surface area (Å²) in [5.74, 6) is -0.755. The number of benzene rings is 1. The second-order valence-electron chi connectivity index (χ2n) is 7.94. The lowest BCUT2D eigenvalue weighted by molar-refractivity contribution is -0.140. The lowest BCUT2D eigenvalue weighted by atomic mass is 10.00. The molecule has 0 spiro atoms. The van der Waals surface area contributed by atoms with Crippen LogP contribution < -0.4 is 4.74 Å². The first-order valence-electron chi connectivity index (χ1n) is 11.1. The van der Waals surface area contributed by atoms with Crippen molar-refractivity contribution in [2.24, 2.45) is 0 Å². The number of hydrogen-bond donors (Lipinski definition) is 1. The number of amides is 1. The summed E-state index contributed by atoms with van der Waals surface area (Å²) in [6.07, 6.45) is 2.39. The number of carbonyl (C=O) groups is 2. The molecule has 0 radical (unpaired) electrons. The molecule has 174 valence electrons. The van der Waals surface area contributed by atoms with Crippen LogP contribution in [0.4, 0.5) is 0 Å². The molecule has 2 aliphatic heterocycles. The Morgan fingerprint density at radius 2 is 1.94 bits per heavy atom. The molecule has 2 aliphatic rings. The normalized spacial score (nSPS) is 20.8. The van der Waals surface area contributed by atoms with Gasteiger partial charge in [-0.1, -0.05) is 18.7 Å². The van der Waals surface area contributed by atoms with Crippen molar-refractivity contribution >= 4 is 28.8 Å². The van der Waals surface area contributed by atoms with Crippen LogP contribution in [0.2, 0.25) is 0 Å². The Morgan fingerprint density at radius 3 is 2.61 bits per heavy atom. The number of carbonyl (C=O) groups excluding carboxylic acids is 2. The van der Waals surface area contributed by atoms with Crippen LogP contribution in [0.3, 0.4) is 0 Å². The predicted molar refractivity (Wildman–Crippen MR) is 127 cm³/mol. The maximum absolute atomic E-state index is 13.0. The minimum Gasteiger partial charge on any atom is -0.507 e. The number of thiophene rings is 1. The van der Waals surface area contributed by atoms with Crippen LogP contribution >= 0.6 is 11.3 Å². The average molecular weight is 469 g/mol. The molecule has 2 saturated heterocycles. The first-order chi connectivity index (χ1) is 16.1. The van der Waals surface area contributed by atoms with Crippen molar-refractivity contribution in [3.05, 3.63) is 70.4 Å². The lowest BCUT2D eigenvalue weighted by Gasteiger charge is -2.28. The molecule has 1 N–H and O–H groups in total. The van der Waals surface area contributed by atoms with Crippen molar-refractivity contribution in [1.29, 1.82) is 0 Å². The molecule has 7 nitrogen and oxygen atoms in total. The predicted octanol–water partition coefficient (Wildman–Crippen LogP) is 3.46. The van der Waals surface area contributed by atoms with Crippen molar-refractivity contribution in [2.45, 2.75) is 12.5 Å². The lowest BCUT2D eigenvalue weighted by Crippen LogP contribution is -2.38. The van der Waals surface area contributed by atoms with Crippen molar-refractivity contribution in [3.8, 4) is 5.75 Å². The zero-order valence-electron chi connectivity index (χ0n) is 18.4. The molecule has 8 heteroatoms. The number of rotatable bonds is 9. The van der Waals surface area contributed by atoms with E-state index in [2.05, 4.69) is 11.5 Å². The number of ketones is 1. The summed E-state index contributed by atoms with van der Waals surface area (Å²) in [7, 11) is 0. The van der Waals surface area contributed by atoms with Crippen molar-refractivity contribution in [3.63, 3.8) is 0 Å². The monoisotopic (exact) mass is 468 g/mol. The quantitative estimate of drug-likeness (QED) is 0.263. The molecular formula is C25H28N2O5S. The maximum Gasteiger partial charge on any atom is 0.295 e. The Hall–Kier alpha value is -2.94. The molecule has 0 unspecified atom stereocenters. The van der Waals surface area contributed by atoms with Gasteiger partial charge in [-0.2, -0.15) is 0 Å². The van der Waals surface area contributed by atoms with E-state index in [0.29, 0.717) is 24.5 Å². The van der Waals surface area contributed by atoms with Crippen molar-refractivity contribution in [1.82, 2.24) is 9.80 Å². The standard InChI is InChI=1S/C25H28N2O5S/c1-2-14-32-19-8-6-18(7-9-19)23(28)21-22(20-5-3-17-33-20)27(25(30)24(21)29)11-4-10-26-12-15-31-16-13-26/h2-3,5-9,17,22,28H,1,4,10-16H2/b23-21+/t22-/m1/s1. The van der Waals surface area contributed by atoms with E-state index in [4.69, 9.17) is 9.47 Å². The molecule has 1 atom stereocenters. The topological polar surface area (TPSA) is 79.3 Å². The minimum atomic E-state index is -0.649. The third-order valence-corrected chi connectivity index (χ3v) is 6.75. The van der Waals surface area contributed by atoms with E-state index in [0.717, 1.165) is 44.1 Å². The molecule has 3 heterocycles. The Bertz CT molecular complexity index is 1010. The number of ether oxygens (including phenoxy) is 2. The summed E-state index contributed by atoms with van der Waals surface area (Å²) in [4.78, 5) is 30.8. The SMILES string of the molecule is C=CCOc1ccc(/C(O)=C2\C(=O)C(=O)N(CCCN3CCOCC3)[C@@H]2c2cccs2)cc1. The number of likely N-dealkylation sites (tertiary alicyclic amines) is 1. The summed E-state index contributed by atoms with van der Waals surface area (Å²) < 4.78 is 10.9. The van der Waals surface area contributed by atoms with Crippen LogP contribution in [-0.2, 0) is 14.3 Å². The van der Waals surface area contributed by atoms with Crippen LogP contribution in [-0.4, -0.2) is 72.6 Å². The fraction of sp³-hybridized carbons (Fsp3) is 0.360. The maximum atomic E-state index is 13.0. The van der Waals surface area contributed by atoms with Gasteiger partial charge >= 0.3 is 0 Å². The second-order valence-corrected chi connectivity index (χ2v) is 8.92. The van der Waals surface area contributed by atoms with Gasteiger partial charge in [0.05, 0.1) is 24.8 Å². The van der Waals surface area contributed by atoms with E-state index in [1.54, 1.807) is 35.2 Å². The number of aliphatic hydroxyl groups is 1. The van der Waals surface area contributed by atoms with Gasteiger partial charge in [0.2, 0.25) is 0 Å². The fourth-order valence-corrected chi connectivity index (χ4v) is 5.01. The summed E-state index contributed by atoms with van der Waals surface area (Å²) in [5, 5.41) is 13.0. The van der Waals surface area contributed by atoms with Gasteiger partial charge in [-0.15, -0.1) is 11.3 Å². The molecule has 2 fully saturated rings. The smallest absolute Gasteiger partial charge is 0.295 e. The molecule has 4 rings (SSSR count). The molecule has 1 aromatic carbocycles. The third kappa shape index (κ3) is 5.19. The summed E-state index contributed by atoms with van der Waals surface area (Å²) in [6.45, 7) is 8.45. The van der Waals surface area contributed by atoms with Crippen LogP contribution in [0.1, 0.15) is 22.9 Å². The van der Waals surface area contributed by atoms with Crippen molar-refractivity contribution < 1.29 is 24.2 Å². The molecule has 0 saturated carbocycles. The summed E-state index contributed by atoms with van der Waals surface area (Å²) >= 11 is 1.47.